The number of methoxy groups -OCH3 is 1. The van der Waals surface area contributed by atoms with E-state index in [0.29, 0.717) is 6.42 Å². The van der Waals surface area contributed by atoms with E-state index < -0.39 is 0 Å². The van der Waals surface area contributed by atoms with Crippen molar-refractivity contribution in [1.29, 1.82) is 0 Å². The van der Waals surface area contributed by atoms with Crippen molar-refractivity contribution < 1.29 is 9.53 Å². The van der Waals surface area contributed by atoms with Crippen molar-refractivity contribution in [3.05, 3.63) is 84.4 Å². The second-order valence-electron chi connectivity index (χ2n) is 6.01. The van der Waals surface area contributed by atoms with Crippen LogP contribution in [-0.4, -0.2) is 20.1 Å². The maximum Gasteiger partial charge on any atom is 0.228 e. The quantitative estimate of drug-likeness (QED) is 0.707. The number of hydrogen-bond donors (Lipinski definition) is 1. The number of carbonyl (C=O) groups is 1. The van der Waals surface area contributed by atoms with Gasteiger partial charge >= 0.3 is 0 Å². The molecule has 0 atom stereocenters. The molecule has 4 nitrogen and oxygen atoms in total. The molecule has 0 heterocycles. The lowest BCUT2D eigenvalue weighted by atomic mass is 10.1. The Balaban J connectivity index is 1.60. The monoisotopic (exact) mass is 346 g/mol. The first kappa shape index (κ1) is 17.5. The van der Waals surface area contributed by atoms with Gasteiger partial charge in [0.1, 0.15) is 5.75 Å². The number of anilines is 3. The molecule has 0 aliphatic rings. The highest BCUT2D eigenvalue weighted by atomic mass is 16.5. The number of carbonyl (C=O) groups excluding carboxylic acids is 1. The van der Waals surface area contributed by atoms with Crippen LogP contribution in [0.5, 0.6) is 5.75 Å². The number of ether oxygens (including phenoxy) is 1. The van der Waals surface area contributed by atoms with Crippen LogP contribution in [0.15, 0.2) is 78.9 Å². The Morgan fingerprint density at radius 2 is 1.50 bits per heavy atom. The van der Waals surface area contributed by atoms with Crippen molar-refractivity contribution >= 4 is 23.0 Å². The average Bonchev–Trinajstić information content (AvgIpc) is 2.69. The SMILES string of the molecule is COc1ccc(CC(=O)Nc2ccc(N(C)c3ccccc3)cc2)cc1. The van der Waals surface area contributed by atoms with E-state index in [4.69, 9.17) is 4.74 Å². The molecule has 0 saturated carbocycles. The van der Waals surface area contributed by atoms with Crippen LogP contribution in [0, 0.1) is 0 Å². The van der Waals surface area contributed by atoms with E-state index in [0.717, 1.165) is 28.4 Å². The van der Waals surface area contributed by atoms with Gasteiger partial charge in [-0.25, -0.2) is 0 Å². The molecule has 0 fully saturated rings. The third-order valence-electron chi connectivity index (χ3n) is 4.21. The van der Waals surface area contributed by atoms with Crippen molar-refractivity contribution in [2.45, 2.75) is 6.42 Å². The molecule has 0 aliphatic heterocycles. The highest BCUT2D eigenvalue weighted by molar-refractivity contribution is 5.92. The van der Waals surface area contributed by atoms with Crippen molar-refractivity contribution in [3.8, 4) is 5.75 Å². The standard InChI is InChI=1S/C22H22N2O2/c1-24(19-6-4-3-5-7-19)20-12-10-18(11-13-20)23-22(25)16-17-8-14-21(26-2)15-9-17/h3-15H,16H2,1-2H3,(H,23,25). The molecule has 0 radical (unpaired) electrons. The first-order valence-corrected chi connectivity index (χ1v) is 8.47. The minimum atomic E-state index is -0.0423. The molecule has 3 aromatic carbocycles. The Kier molecular flexibility index (Phi) is 5.54. The minimum absolute atomic E-state index is 0.0423. The maximum atomic E-state index is 12.2. The third-order valence-corrected chi connectivity index (χ3v) is 4.21. The number of para-hydroxylation sites is 1. The summed E-state index contributed by atoms with van der Waals surface area (Å²) < 4.78 is 5.13. The second-order valence-corrected chi connectivity index (χ2v) is 6.01. The lowest BCUT2D eigenvalue weighted by molar-refractivity contribution is -0.115. The number of hydrogen-bond acceptors (Lipinski definition) is 3. The van der Waals surface area contributed by atoms with Gasteiger partial charge in [0.15, 0.2) is 0 Å². The zero-order valence-electron chi connectivity index (χ0n) is 15.0. The van der Waals surface area contributed by atoms with Crippen LogP contribution in [0.4, 0.5) is 17.1 Å². The summed E-state index contributed by atoms with van der Waals surface area (Å²) in [5, 5.41) is 2.94. The van der Waals surface area contributed by atoms with Crippen molar-refractivity contribution in [2.24, 2.45) is 0 Å². The first-order chi connectivity index (χ1) is 12.7. The van der Waals surface area contributed by atoms with Gasteiger partial charge in [-0.1, -0.05) is 30.3 Å². The molecule has 3 aromatic rings. The molecule has 3 rings (SSSR count). The maximum absolute atomic E-state index is 12.2. The Labute approximate surface area is 154 Å². The fraction of sp³-hybridized carbons (Fsp3) is 0.136. The Bertz CT molecular complexity index is 844. The summed E-state index contributed by atoms with van der Waals surface area (Å²) in [6.07, 6.45) is 0.329. The Morgan fingerprint density at radius 3 is 2.12 bits per heavy atom. The van der Waals surface area contributed by atoms with E-state index in [-0.39, 0.29) is 5.91 Å². The van der Waals surface area contributed by atoms with Crippen LogP contribution >= 0.6 is 0 Å². The molecule has 1 N–H and O–H groups in total. The van der Waals surface area contributed by atoms with Crippen LogP contribution in [0.2, 0.25) is 0 Å². The van der Waals surface area contributed by atoms with Gasteiger partial charge in [0, 0.05) is 24.1 Å². The average molecular weight is 346 g/mol. The summed E-state index contributed by atoms with van der Waals surface area (Å²) in [4.78, 5) is 14.3. The van der Waals surface area contributed by atoms with E-state index in [9.17, 15) is 4.79 Å². The largest absolute Gasteiger partial charge is 0.497 e. The molecule has 4 heteroatoms. The molecule has 0 aliphatic carbocycles. The van der Waals surface area contributed by atoms with E-state index in [1.54, 1.807) is 7.11 Å². The lowest BCUT2D eigenvalue weighted by Crippen LogP contribution is -2.14. The highest BCUT2D eigenvalue weighted by Gasteiger charge is 2.06. The second kappa shape index (κ2) is 8.21. The van der Waals surface area contributed by atoms with E-state index in [1.807, 2.05) is 73.8 Å². The van der Waals surface area contributed by atoms with Crippen molar-refractivity contribution in [2.75, 3.05) is 24.4 Å². The summed E-state index contributed by atoms with van der Waals surface area (Å²) in [6, 6.07) is 25.5. The topological polar surface area (TPSA) is 41.6 Å². The van der Waals surface area contributed by atoms with Crippen LogP contribution in [0.1, 0.15) is 5.56 Å². The van der Waals surface area contributed by atoms with E-state index in [2.05, 4.69) is 22.3 Å². The zero-order valence-corrected chi connectivity index (χ0v) is 15.0. The predicted molar refractivity (Wildman–Crippen MR) is 106 cm³/mol. The van der Waals surface area contributed by atoms with Crippen LogP contribution in [0.25, 0.3) is 0 Å². The number of benzene rings is 3. The van der Waals surface area contributed by atoms with Gasteiger partial charge in [-0.15, -0.1) is 0 Å². The number of rotatable bonds is 6. The molecule has 26 heavy (non-hydrogen) atoms. The first-order valence-electron chi connectivity index (χ1n) is 8.47. The summed E-state index contributed by atoms with van der Waals surface area (Å²) in [5.41, 5.74) is 3.91. The molecule has 0 unspecified atom stereocenters. The molecule has 0 bridgehead atoms. The summed E-state index contributed by atoms with van der Waals surface area (Å²) in [7, 11) is 3.65. The van der Waals surface area contributed by atoms with Gasteiger partial charge in [0.2, 0.25) is 5.91 Å². The predicted octanol–water partition coefficient (Wildman–Crippen LogP) is 4.64. The number of amides is 1. The normalized spacial score (nSPS) is 10.2. The van der Waals surface area contributed by atoms with Gasteiger partial charge in [-0.2, -0.15) is 0 Å². The number of nitrogens with one attached hydrogen (secondary N) is 1. The molecule has 0 saturated heterocycles. The lowest BCUT2D eigenvalue weighted by Gasteiger charge is -2.19. The van der Waals surface area contributed by atoms with Crippen LogP contribution < -0.4 is 15.0 Å². The molecular weight excluding hydrogens is 324 g/mol. The molecule has 0 spiro atoms. The van der Waals surface area contributed by atoms with Gasteiger partial charge in [-0.05, 0) is 54.1 Å². The minimum Gasteiger partial charge on any atom is -0.497 e. The summed E-state index contributed by atoms with van der Waals surface area (Å²) >= 11 is 0. The van der Waals surface area contributed by atoms with Crippen molar-refractivity contribution in [1.82, 2.24) is 0 Å². The Hall–Kier alpha value is -3.27. The van der Waals surface area contributed by atoms with Crippen molar-refractivity contribution in [3.63, 3.8) is 0 Å². The van der Waals surface area contributed by atoms with Crippen LogP contribution in [0.3, 0.4) is 0 Å². The van der Waals surface area contributed by atoms with Gasteiger partial charge < -0.3 is 15.0 Å². The fourth-order valence-electron chi connectivity index (χ4n) is 2.70. The molecule has 1 amide bonds. The third kappa shape index (κ3) is 4.42. The van der Waals surface area contributed by atoms with Crippen LogP contribution in [-0.2, 0) is 11.2 Å². The molecular formula is C22H22N2O2. The van der Waals surface area contributed by atoms with E-state index >= 15 is 0 Å². The highest BCUT2D eigenvalue weighted by Crippen LogP contribution is 2.24. The molecule has 132 valence electrons. The van der Waals surface area contributed by atoms with E-state index in [1.165, 1.54) is 0 Å². The number of nitrogens with zero attached hydrogens (tertiary/aromatic N) is 1. The Morgan fingerprint density at radius 1 is 0.885 bits per heavy atom. The van der Waals surface area contributed by atoms with Gasteiger partial charge in [0.05, 0.1) is 13.5 Å². The summed E-state index contributed by atoms with van der Waals surface area (Å²) in [5.74, 6) is 0.742. The van der Waals surface area contributed by atoms with Gasteiger partial charge in [-0.3, -0.25) is 4.79 Å². The van der Waals surface area contributed by atoms with Gasteiger partial charge in [0.25, 0.3) is 0 Å². The zero-order chi connectivity index (χ0) is 18.4. The summed E-state index contributed by atoms with van der Waals surface area (Å²) in [6.45, 7) is 0. The smallest absolute Gasteiger partial charge is 0.228 e. The molecule has 0 aromatic heterocycles. The fourth-order valence-corrected chi connectivity index (χ4v) is 2.70.